The number of aromatic amines is 1. The van der Waals surface area contributed by atoms with Crippen LogP contribution in [0.1, 0.15) is 34.5 Å². The topological polar surface area (TPSA) is 99.3 Å². The lowest BCUT2D eigenvalue weighted by Gasteiger charge is -2.26. The highest BCUT2D eigenvalue weighted by molar-refractivity contribution is 7.89. The molecule has 0 aliphatic carbocycles. The van der Waals surface area contributed by atoms with Gasteiger partial charge in [-0.15, -0.1) is 0 Å². The number of rotatable bonds is 3. The molecule has 3 aliphatic rings. The Hall–Kier alpha value is -2.26. The molecule has 2 aromatic rings. The summed E-state index contributed by atoms with van der Waals surface area (Å²) < 4.78 is 28.7. The van der Waals surface area contributed by atoms with E-state index < -0.39 is 10.0 Å². The van der Waals surface area contributed by atoms with Gasteiger partial charge < -0.3 is 4.90 Å². The summed E-state index contributed by atoms with van der Waals surface area (Å²) in [6, 6.07) is 5.44. The summed E-state index contributed by atoms with van der Waals surface area (Å²) in [4.78, 5) is 14.8. The third kappa shape index (κ3) is 2.52. The molecule has 2 bridgehead atoms. The average Bonchev–Trinajstić information content (AvgIpc) is 3.41. The molecule has 1 aromatic heterocycles. The number of nitrogens with one attached hydrogen (secondary N) is 1. The minimum atomic E-state index is -3.54. The van der Waals surface area contributed by atoms with E-state index in [1.165, 1.54) is 6.20 Å². The quantitative estimate of drug-likeness (QED) is 0.837. The molecule has 3 saturated heterocycles. The first kappa shape index (κ1) is 17.8. The monoisotopic (exact) mass is 401 g/mol. The number of amides is 1. The lowest BCUT2D eigenvalue weighted by Crippen LogP contribution is -2.41. The second kappa shape index (κ2) is 6.12. The fraction of sp³-hybridized carbons (Fsp3) is 0.526. The number of sulfonamides is 1. The van der Waals surface area contributed by atoms with E-state index in [2.05, 4.69) is 15.4 Å². The molecule has 3 fully saturated rings. The molecular formula is C19H23N5O3S. The van der Waals surface area contributed by atoms with Gasteiger partial charge in [-0.2, -0.15) is 19.7 Å². The van der Waals surface area contributed by atoms with Crippen LogP contribution in [-0.2, 0) is 10.0 Å². The van der Waals surface area contributed by atoms with Gasteiger partial charge in [0.1, 0.15) is 0 Å². The van der Waals surface area contributed by atoms with Gasteiger partial charge in [-0.1, -0.05) is 6.07 Å². The molecular weight excluding hydrogens is 378 g/mol. The number of carbonyl (C=O) groups is 1. The van der Waals surface area contributed by atoms with E-state index in [0.717, 1.165) is 24.0 Å². The molecule has 0 saturated carbocycles. The van der Waals surface area contributed by atoms with Crippen molar-refractivity contribution < 1.29 is 13.2 Å². The number of benzene rings is 1. The van der Waals surface area contributed by atoms with Gasteiger partial charge in [0.15, 0.2) is 5.69 Å². The Bertz CT molecular complexity index is 996. The van der Waals surface area contributed by atoms with E-state index >= 15 is 0 Å². The van der Waals surface area contributed by atoms with E-state index in [4.69, 9.17) is 0 Å². The number of carbonyl (C=O) groups excluding carboxylic acids is 1. The Balaban J connectivity index is 1.42. The van der Waals surface area contributed by atoms with E-state index in [1.54, 1.807) is 21.3 Å². The van der Waals surface area contributed by atoms with Crippen LogP contribution in [-0.4, -0.2) is 64.1 Å². The number of nitrogens with zero attached hydrogens (tertiary/aromatic N) is 4. The summed E-state index contributed by atoms with van der Waals surface area (Å²) in [6.07, 6.45) is 3.16. The Morgan fingerprint density at radius 1 is 1.07 bits per heavy atom. The molecule has 5 rings (SSSR count). The smallest absolute Gasteiger partial charge is 0.276 e. The molecule has 1 N–H and O–H groups in total. The predicted molar refractivity (Wildman–Crippen MR) is 101 cm³/mol. The van der Waals surface area contributed by atoms with Crippen LogP contribution in [0.3, 0.4) is 0 Å². The molecule has 0 spiro atoms. The highest BCUT2D eigenvalue weighted by Crippen LogP contribution is 2.51. The number of hydrogen-bond acceptors (Lipinski definition) is 5. The van der Waals surface area contributed by atoms with Crippen LogP contribution >= 0.6 is 0 Å². The Kier molecular flexibility index (Phi) is 3.89. The van der Waals surface area contributed by atoms with E-state index in [9.17, 15) is 13.2 Å². The van der Waals surface area contributed by atoms with Crippen molar-refractivity contribution in [2.75, 3.05) is 13.1 Å². The maximum atomic E-state index is 13.5. The maximum absolute atomic E-state index is 13.5. The van der Waals surface area contributed by atoms with Crippen LogP contribution in [0.15, 0.2) is 29.3 Å². The van der Waals surface area contributed by atoms with Crippen LogP contribution in [0.5, 0.6) is 0 Å². The fourth-order valence-electron chi connectivity index (χ4n) is 5.51. The van der Waals surface area contributed by atoms with E-state index in [1.807, 2.05) is 19.9 Å². The SMILES string of the molecule is Cc1cc(C)cc(S(=O)(=O)N2[C@@H]3CC[C@H]2[C@H]2CN(C(=O)c4cn[nH]n4)C[C@H]23)c1. The van der Waals surface area contributed by atoms with Gasteiger partial charge >= 0.3 is 0 Å². The summed E-state index contributed by atoms with van der Waals surface area (Å²) >= 11 is 0. The first-order valence-corrected chi connectivity index (χ1v) is 11.1. The first-order valence-electron chi connectivity index (χ1n) is 9.63. The van der Waals surface area contributed by atoms with Crippen molar-refractivity contribution in [3.8, 4) is 0 Å². The summed E-state index contributed by atoms with van der Waals surface area (Å²) in [6.45, 7) is 5.01. The van der Waals surface area contributed by atoms with Gasteiger partial charge in [-0.05, 0) is 61.8 Å². The van der Waals surface area contributed by atoms with Gasteiger partial charge in [-0.25, -0.2) is 8.42 Å². The third-order valence-corrected chi connectivity index (χ3v) is 8.43. The summed E-state index contributed by atoms with van der Waals surface area (Å²) in [5.74, 6) is 0.247. The maximum Gasteiger partial charge on any atom is 0.276 e. The van der Waals surface area contributed by atoms with Crippen molar-refractivity contribution in [2.45, 2.75) is 43.7 Å². The molecule has 0 unspecified atom stereocenters. The van der Waals surface area contributed by atoms with Gasteiger partial charge in [0.25, 0.3) is 5.91 Å². The minimum Gasteiger partial charge on any atom is -0.336 e. The molecule has 4 atom stereocenters. The second-order valence-corrected chi connectivity index (χ2v) is 10.1. The number of fused-ring (bicyclic) bond motifs is 5. The molecule has 8 nitrogen and oxygen atoms in total. The normalized spacial score (nSPS) is 29.4. The van der Waals surface area contributed by atoms with E-state index in [-0.39, 0.29) is 29.8 Å². The summed E-state index contributed by atoms with van der Waals surface area (Å²) in [7, 11) is -3.54. The zero-order chi connectivity index (χ0) is 19.6. The Morgan fingerprint density at radius 2 is 1.68 bits per heavy atom. The lowest BCUT2D eigenvalue weighted by molar-refractivity contribution is 0.0767. The molecule has 4 heterocycles. The van der Waals surface area contributed by atoms with Crippen molar-refractivity contribution in [2.24, 2.45) is 11.8 Å². The Morgan fingerprint density at radius 3 is 2.21 bits per heavy atom. The zero-order valence-corrected chi connectivity index (χ0v) is 16.7. The van der Waals surface area contributed by atoms with Gasteiger partial charge in [0.05, 0.1) is 11.1 Å². The van der Waals surface area contributed by atoms with Crippen LogP contribution in [0.2, 0.25) is 0 Å². The molecule has 28 heavy (non-hydrogen) atoms. The van der Waals surface area contributed by atoms with Crippen molar-refractivity contribution in [3.05, 3.63) is 41.2 Å². The lowest BCUT2D eigenvalue weighted by atomic mass is 9.82. The fourth-order valence-corrected chi connectivity index (χ4v) is 7.66. The van der Waals surface area contributed by atoms with Gasteiger partial charge in [0, 0.05) is 25.2 Å². The molecule has 3 aliphatic heterocycles. The average molecular weight is 401 g/mol. The standard InChI is InChI=1S/C19H23N5O3S/c1-11-5-12(2)7-13(6-11)28(26,27)24-17-3-4-18(24)15-10-23(9-14(15)17)19(25)16-8-20-22-21-16/h5-8,14-15,17-18H,3-4,9-10H2,1-2H3,(H,20,21,22)/t14-,15+,17-,18+. The Labute approximate surface area is 164 Å². The molecule has 1 amide bonds. The number of aryl methyl sites for hydroxylation is 2. The highest BCUT2D eigenvalue weighted by Gasteiger charge is 2.60. The van der Waals surface area contributed by atoms with Crippen LogP contribution in [0.4, 0.5) is 0 Å². The molecule has 9 heteroatoms. The van der Waals surface area contributed by atoms with Gasteiger partial charge in [0.2, 0.25) is 10.0 Å². The number of aromatic nitrogens is 3. The minimum absolute atomic E-state index is 0.0315. The predicted octanol–water partition coefficient (Wildman–Crippen LogP) is 1.35. The van der Waals surface area contributed by atoms with E-state index in [0.29, 0.717) is 23.7 Å². The van der Waals surface area contributed by atoms with Crippen molar-refractivity contribution >= 4 is 15.9 Å². The number of hydrogen-bond donors (Lipinski definition) is 1. The van der Waals surface area contributed by atoms with Gasteiger partial charge in [-0.3, -0.25) is 4.79 Å². The summed E-state index contributed by atoms with van der Waals surface area (Å²) in [5, 5.41) is 10.1. The third-order valence-electron chi connectivity index (χ3n) is 6.50. The van der Waals surface area contributed by atoms with Crippen molar-refractivity contribution in [1.82, 2.24) is 24.6 Å². The first-order chi connectivity index (χ1) is 13.4. The summed E-state index contributed by atoms with van der Waals surface area (Å²) in [5.41, 5.74) is 2.22. The largest absolute Gasteiger partial charge is 0.336 e. The van der Waals surface area contributed by atoms with Crippen molar-refractivity contribution in [3.63, 3.8) is 0 Å². The molecule has 0 radical (unpaired) electrons. The zero-order valence-electron chi connectivity index (χ0n) is 15.9. The van der Waals surface area contributed by atoms with Crippen LogP contribution < -0.4 is 0 Å². The molecule has 1 aromatic carbocycles. The number of likely N-dealkylation sites (tertiary alicyclic amines) is 1. The molecule has 148 valence electrons. The number of H-pyrrole nitrogens is 1. The second-order valence-electron chi connectivity index (χ2n) is 8.26. The van der Waals surface area contributed by atoms with Crippen molar-refractivity contribution in [1.29, 1.82) is 0 Å². The van der Waals surface area contributed by atoms with Crippen LogP contribution in [0.25, 0.3) is 0 Å². The van der Waals surface area contributed by atoms with Crippen LogP contribution in [0, 0.1) is 25.7 Å². The highest BCUT2D eigenvalue weighted by atomic mass is 32.2.